The second-order valence-corrected chi connectivity index (χ2v) is 13.6. The van der Waals surface area contributed by atoms with Crippen LogP contribution in [0, 0.1) is 26.7 Å². The van der Waals surface area contributed by atoms with Crippen molar-refractivity contribution in [3.63, 3.8) is 0 Å². The van der Waals surface area contributed by atoms with Crippen LogP contribution in [0.2, 0.25) is 10.0 Å². The first-order chi connectivity index (χ1) is 19.7. The summed E-state index contributed by atoms with van der Waals surface area (Å²) in [6.45, 7) is 11.3. The molecule has 0 aliphatic heterocycles. The Bertz CT molecular complexity index is 1530. The molecule has 3 aromatic rings. The summed E-state index contributed by atoms with van der Waals surface area (Å²) < 4.78 is 29.3. The first-order valence-corrected chi connectivity index (χ1v) is 16.1. The van der Waals surface area contributed by atoms with Crippen molar-refractivity contribution < 1.29 is 18.0 Å². The van der Waals surface area contributed by atoms with Crippen LogP contribution >= 0.6 is 23.2 Å². The highest BCUT2D eigenvalue weighted by atomic mass is 35.5. The predicted molar refractivity (Wildman–Crippen MR) is 171 cm³/mol. The van der Waals surface area contributed by atoms with Gasteiger partial charge >= 0.3 is 0 Å². The zero-order valence-electron chi connectivity index (χ0n) is 24.9. The zero-order chi connectivity index (χ0) is 31.2. The number of sulfonamides is 1. The van der Waals surface area contributed by atoms with Crippen molar-refractivity contribution >= 4 is 50.7 Å². The molecule has 0 heterocycles. The standard InChI is InChI=1S/C32H39Cl2N3O4S/c1-7-29(32(39)35-18-21(2)3)36(19-25-11-12-26(33)17-28(25)34)31(38)20-37(30-15-10-23(5)16-24(30)6)42(40,41)27-13-8-22(4)9-14-27/h8-17,21,29H,7,18-20H2,1-6H3,(H,35,39)/t29-/m0/s1. The molecule has 0 radical (unpaired) electrons. The third kappa shape index (κ3) is 8.27. The Morgan fingerprint density at radius 3 is 2.12 bits per heavy atom. The fourth-order valence-corrected chi connectivity index (χ4v) is 6.56. The zero-order valence-corrected chi connectivity index (χ0v) is 27.3. The summed E-state index contributed by atoms with van der Waals surface area (Å²) in [7, 11) is -4.15. The normalized spacial score (nSPS) is 12.2. The second-order valence-electron chi connectivity index (χ2n) is 10.9. The summed E-state index contributed by atoms with van der Waals surface area (Å²) in [5.41, 5.74) is 3.54. The van der Waals surface area contributed by atoms with Crippen molar-refractivity contribution in [3.8, 4) is 0 Å². The number of rotatable bonds is 12. The molecule has 0 aromatic heterocycles. The van der Waals surface area contributed by atoms with E-state index in [4.69, 9.17) is 23.2 Å². The number of carbonyl (C=O) groups excluding carboxylic acids is 2. The van der Waals surface area contributed by atoms with E-state index in [0.717, 1.165) is 15.4 Å². The van der Waals surface area contributed by atoms with Crippen molar-refractivity contribution in [1.29, 1.82) is 0 Å². The van der Waals surface area contributed by atoms with Gasteiger partial charge in [0.25, 0.3) is 10.0 Å². The molecular weight excluding hydrogens is 593 g/mol. The molecular formula is C32H39Cl2N3O4S. The summed E-state index contributed by atoms with van der Waals surface area (Å²) in [5, 5.41) is 3.70. The van der Waals surface area contributed by atoms with Crippen LogP contribution in [0.1, 0.15) is 49.4 Å². The van der Waals surface area contributed by atoms with Crippen LogP contribution in [0.15, 0.2) is 65.6 Å². The molecule has 7 nitrogen and oxygen atoms in total. The van der Waals surface area contributed by atoms with Gasteiger partial charge in [0.15, 0.2) is 0 Å². The number of carbonyl (C=O) groups is 2. The second kappa shape index (κ2) is 14.4. The summed E-state index contributed by atoms with van der Waals surface area (Å²) in [6.07, 6.45) is 0.315. The number of halogens is 2. The number of hydrogen-bond donors (Lipinski definition) is 1. The number of nitrogens with one attached hydrogen (secondary N) is 1. The number of benzene rings is 3. The van der Waals surface area contributed by atoms with Gasteiger partial charge in [-0.1, -0.05) is 85.4 Å². The van der Waals surface area contributed by atoms with Crippen LogP contribution in [0.25, 0.3) is 0 Å². The van der Waals surface area contributed by atoms with Gasteiger partial charge in [0, 0.05) is 23.1 Å². The SMILES string of the molecule is CC[C@@H](C(=O)NCC(C)C)N(Cc1ccc(Cl)cc1Cl)C(=O)CN(c1ccc(C)cc1C)S(=O)(=O)c1ccc(C)cc1. The first-order valence-electron chi connectivity index (χ1n) is 13.9. The minimum Gasteiger partial charge on any atom is -0.354 e. The Morgan fingerprint density at radius 2 is 1.55 bits per heavy atom. The monoisotopic (exact) mass is 631 g/mol. The molecule has 0 fully saturated rings. The first kappa shape index (κ1) is 33.4. The maximum atomic E-state index is 14.2. The van der Waals surface area contributed by atoms with E-state index in [1.807, 2.05) is 53.7 Å². The topological polar surface area (TPSA) is 86.8 Å². The van der Waals surface area contributed by atoms with Crippen LogP contribution in [0.5, 0.6) is 0 Å². The maximum absolute atomic E-state index is 14.2. The maximum Gasteiger partial charge on any atom is 0.264 e. The van der Waals surface area contributed by atoms with Gasteiger partial charge < -0.3 is 10.2 Å². The lowest BCUT2D eigenvalue weighted by molar-refractivity contribution is -0.140. The highest BCUT2D eigenvalue weighted by Gasteiger charge is 2.34. The molecule has 226 valence electrons. The summed E-state index contributed by atoms with van der Waals surface area (Å²) in [6, 6.07) is 16.0. The van der Waals surface area contributed by atoms with Crippen molar-refractivity contribution in [2.45, 2.75) is 65.4 Å². The van der Waals surface area contributed by atoms with E-state index >= 15 is 0 Å². The third-order valence-corrected chi connectivity index (χ3v) is 9.30. The van der Waals surface area contributed by atoms with Crippen LogP contribution in [-0.2, 0) is 26.2 Å². The van der Waals surface area contributed by atoms with Gasteiger partial charge in [-0.3, -0.25) is 13.9 Å². The van der Waals surface area contributed by atoms with Crippen LogP contribution in [0.4, 0.5) is 5.69 Å². The quantitative estimate of drug-likeness (QED) is 0.241. The lowest BCUT2D eigenvalue weighted by Crippen LogP contribution is -2.52. The smallest absolute Gasteiger partial charge is 0.264 e. The van der Waals surface area contributed by atoms with Crippen molar-refractivity contribution in [1.82, 2.24) is 10.2 Å². The van der Waals surface area contributed by atoms with E-state index < -0.39 is 28.5 Å². The Balaban J connectivity index is 2.10. The number of nitrogens with zero attached hydrogens (tertiary/aromatic N) is 2. The van der Waals surface area contributed by atoms with Gasteiger partial charge in [0.1, 0.15) is 12.6 Å². The van der Waals surface area contributed by atoms with E-state index in [1.165, 1.54) is 17.0 Å². The third-order valence-electron chi connectivity index (χ3n) is 6.94. The van der Waals surface area contributed by atoms with Gasteiger partial charge in [0.05, 0.1) is 10.6 Å². The summed E-state index contributed by atoms with van der Waals surface area (Å²) in [4.78, 5) is 29.1. The molecule has 1 atom stereocenters. The van der Waals surface area contributed by atoms with Crippen LogP contribution in [-0.4, -0.2) is 44.3 Å². The molecule has 0 aliphatic rings. The highest BCUT2D eigenvalue weighted by Crippen LogP contribution is 2.29. The van der Waals surface area contributed by atoms with Crippen molar-refractivity contribution in [3.05, 3.63) is 93.0 Å². The number of aryl methyl sites for hydroxylation is 3. The van der Waals surface area contributed by atoms with Crippen LogP contribution in [0.3, 0.4) is 0 Å². The molecule has 10 heteroatoms. The van der Waals surface area contributed by atoms with E-state index in [0.29, 0.717) is 39.8 Å². The van der Waals surface area contributed by atoms with E-state index in [9.17, 15) is 18.0 Å². The molecule has 0 unspecified atom stereocenters. The number of anilines is 1. The Hall–Kier alpha value is -3.07. The lowest BCUT2D eigenvalue weighted by Gasteiger charge is -2.34. The summed E-state index contributed by atoms with van der Waals surface area (Å²) in [5.74, 6) is -0.645. The average Bonchev–Trinajstić information content (AvgIpc) is 2.92. The van der Waals surface area contributed by atoms with Gasteiger partial charge in [-0.2, -0.15) is 0 Å². The molecule has 0 saturated heterocycles. The Kier molecular flexibility index (Phi) is 11.5. The minimum absolute atomic E-state index is 0.00621. The molecule has 0 bridgehead atoms. The van der Waals surface area contributed by atoms with Gasteiger partial charge in [-0.05, 0) is 74.6 Å². The van der Waals surface area contributed by atoms with Crippen LogP contribution < -0.4 is 9.62 Å². The van der Waals surface area contributed by atoms with Gasteiger partial charge in [-0.25, -0.2) is 8.42 Å². The molecule has 0 saturated carbocycles. The van der Waals surface area contributed by atoms with Crippen molar-refractivity contribution in [2.75, 3.05) is 17.4 Å². The van der Waals surface area contributed by atoms with Gasteiger partial charge in [0.2, 0.25) is 11.8 Å². The number of hydrogen-bond acceptors (Lipinski definition) is 4. The molecule has 1 N–H and O–H groups in total. The largest absolute Gasteiger partial charge is 0.354 e. The molecule has 0 aliphatic carbocycles. The lowest BCUT2D eigenvalue weighted by atomic mass is 10.1. The van der Waals surface area contributed by atoms with E-state index in [1.54, 1.807) is 36.4 Å². The molecule has 42 heavy (non-hydrogen) atoms. The number of amides is 2. The fraction of sp³-hybridized carbons (Fsp3) is 0.375. The summed E-state index contributed by atoms with van der Waals surface area (Å²) >= 11 is 12.6. The molecule has 0 spiro atoms. The molecule has 2 amide bonds. The highest BCUT2D eigenvalue weighted by molar-refractivity contribution is 7.92. The Morgan fingerprint density at radius 1 is 0.905 bits per heavy atom. The predicted octanol–water partition coefficient (Wildman–Crippen LogP) is 6.69. The van der Waals surface area contributed by atoms with E-state index in [-0.39, 0.29) is 23.3 Å². The fourth-order valence-electron chi connectivity index (χ4n) is 4.61. The minimum atomic E-state index is -4.15. The average molecular weight is 633 g/mol. The molecule has 3 aromatic carbocycles. The van der Waals surface area contributed by atoms with Gasteiger partial charge in [-0.15, -0.1) is 0 Å². The Labute approximate surface area is 259 Å². The van der Waals surface area contributed by atoms with E-state index in [2.05, 4.69) is 5.32 Å². The van der Waals surface area contributed by atoms with Crippen molar-refractivity contribution in [2.24, 2.45) is 5.92 Å². The molecule has 3 rings (SSSR count).